The first-order valence-electron chi connectivity index (χ1n) is 8.82. The molecule has 0 aromatic rings. The monoisotopic (exact) mass is 299 g/mol. The highest BCUT2D eigenvalue weighted by atomic mass is 32.1. The molecule has 1 nitrogen and oxygen atoms in total. The molecule has 0 saturated carbocycles. The van der Waals surface area contributed by atoms with E-state index in [-0.39, 0.29) is 5.12 Å². The van der Waals surface area contributed by atoms with Crippen molar-refractivity contribution in [1.29, 1.82) is 0 Å². The van der Waals surface area contributed by atoms with E-state index in [0.717, 1.165) is 12.3 Å². The highest BCUT2D eigenvalue weighted by molar-refractivity contribution is 7.96. The number of carbonyl (C=O) groups excluding carboxylic acids is 1. The van der Waals surface area contributed by atoms with Gasteiger partial charge in [0.2, 0.25) is 5.12 Å². The summed E-state index contributed by atoms with van der Waals surface area (Å²) in [5, 5.41) is -0.0709. The average Bonchev–Trinajstić information content (AvgIpc) is 2.38. The topological polar surface area (TPSA) is 17.1 Å². The summed E-state index contributed by atoms with van der Waals surface area (Å²) in [4.78, 5) is 10.6. The zero-order chi connectivity index (χ0) is 15.1. The van der Waals surface area contributed by atoms with Crippen LogP contribution in [0, 0.1) is 5.92 Å². The third kappa shape index (κ3) is 17.9. The Morgan fingerprint density at radius 1 is 0.700 bits per heavy atom. The Hall–Kier alpha value is -0.110. The summed E-state index contributed by atoms with van der Waals surface area (Å²) in [6, 6.07) is 0. The van der Waals surface area contributed by atoms with Crippen molar-refractivity contribution in [3.8, 4) is 0 Å². The molecule has 0 aliphatic rings. The Kier molecular flexibility index (Phi) is 15.2. The molecular weight excluding hydrogens is 264 g/mol. The van der Waals surface area contributed by atoms with E-state index < -0.39 is 0 Å². The predicted molar refractivity (Wildman–Crippen MR) is 92.1 cm³/mol. The van der Waals surface area contributed by atoms with Gasteiger partial charge in [-0.2, -0.15) is 0 Å². The number of rotatable bonds is 15. The fraction of sp³-hybridized carbons (Fsp3) is 0.944. The summed E-state index contributed by atoms with van der Waals surface area (Å²) in [6.07, 6.45) is 18.1. The molecule has 0 aliphatic heterocycles. The van der Waals surface area contributed by atoms with Crippen LogP contribution in [0.25, 0.3) is 0 Å². The van der Waals surface area contributed by atoms with Crippen LogP contribution in [0.3, 0.4) is 0 Å². The molecule has 0 aromatic carbocycles. The van der Waals surface area contributed by atoms with E-state index in [9.17, 15) is 4.79 Å². The third-order valence-corrected chi connectivity index (χ3v) is 4.12. The lowest BCUT2D eigenvalue weighted by Gasteiger charge is -2.04. The molecule has 0 rings (SSSR count). The van der Waals surface area contributed by atoms with Gasteiger partial charge in [0, 0.05) is 6.42 Å². The van der Waals surface area contributed by atoms with Gasteiger partial charge in [-0.25, -0.2) is 0 Å². The number of hydrogen-bond donors (Lipinski definition) is 0. The van der Waals surface area contributed by atoms with Crippen LogP contribution < -0.4 is 0 Å². The van der Waals surface area contributed by atoms with E-state index in [1.807, 2.05) is 0 Å². The predicted octanol–water partition coefficient (Wildman–Crippen LogP) is 6.83. The number of carbonyl (C=O) groups is 1. The lowest BCUT2D eigenvalue weighted by atomic mass is 10.0. The molecule has 0 fully saturated rings. The van der Waals surface area contributed by atoms with Gasteiger partial charge in [0.15, 0.2) is 0 Å². The Labute approximate surface area is 132 Å². The minimum absolute atomic E-state index is 0.0709. The summed E-state index contributed by atoms with van der Waals surface area (Å²) >= 11 is 4.54. The highest BCUT2D eigenvalue weighted by Crippen LogP contribution is 2.14. The van der Waals surface area contributed by atoms with Gasteiger partial charge >= 0.3 is 0 Å². The lowest BCUT2D eigenvalue weighted by Crippen LogP contribution is -1.88. The summed E-state index contributed by atoms with van der Waals surface area (Å²) in [5.41, 5.74) is 0. The van der Waals surface area contributed by atoms with Crippen molar-refractivity contribution in [2.45, 2.75) is 104 Å². The third-order valence-electron chi connectivity index (χ3n) is 3.91. The van der Waals surface area contributed by atoms with Crippen molar-refractivity contribution in [2.75, 3.05) is 0 Å². The fourth-order valence-electron chi connectivity index (χ4n) is 2.59. The van der Waals surface area contributed by atoms with Crippen molar-refractivity contribution in [3.05, 3.63) is 0 Å². The lowest BCUT2D eigenvalue weighted by molar-refractivity contribution is -0.110. The first-order valence-corrected chi connectivity index (χ1v) is 9.23. The van der Waals surface area contributed by atoms with Crippen LogP contribution in [0.5, 0.6) is 0 Å². The van der Waals surface area contributed by atoms with Crippen LogP contribution in [-0.4, -0.2) is 5.12 Å². The van der Waals surface area contributed by atoms with Crippen LogP contribution in [0.2, 0.25) is 0 Å². The van der Waals surface area contributed by atoms with E-state index in [0.29, 0.717) is 6.42 Å². The van der Waals surface area contributed by atoms with Crippen molar-refractivity contribution in [1.82, 2.24) is 0 Å². The molecule has 0 aliphatic carbocycles. The molecule has 0 spiro atoms. The smallest absolute Gasteiger partial charge is 0.218 e. The maximum atomic E-state index is 10.6. The summed E-state index contributed by atoms with van der Waals surface area (Å²) < 4.78 is 0. The largest absolute Gasteiger partial charge is 0.282 e. The van der Waals surface area contributed by atoms with Crippen molar-refractivity contribution in [2.24, 2.45) is 5.92 Å². The SMILES string of the molecule is CC(C)CCCCCCCCCCCCCCC(=O)[S]. The minimum Gasteiger partial charge on any atom is -0.282 e. The summed E-state index contributed by atoms with van der Waals surface area (Å²) in [6.45, 7) is 4.63. The van der Waals surface area contributed by atoms with Gasteiger partial charge in [-0.15, -0.1) is 0 Å². The van der Waals surface area contributed by atoms with Crippen molar-refractivity contribution in [3.63, 3.8) is 0 Å². The second-order valence-corrected chi connectivity index (χ2v) is 7.00. The van der Waals surface area contributed by atoms with Crippen LogP contribution >= 0.6 is 12.6 Å². The second kappa shape index (κ2) is 15.3. The quantitative estimate of drug-likeness (QED) is 0.303. The average molecular weight is 300 g/mol. The first-order chi connectivity index (χ1) is 9.63. The van der Waals surface area contributed by atoms with Crippen LogP contribution in [0.1, 0.15) is 104 Å². The molecule has 119 valence electrons. The van der Waals surface area contributed by atoms with Gasteiger partial charge in [0.1, 0.15) is 0 Å². The molecule has 20 heavy (non-hydrogen) atoms. The molecule has 0 atom stereocenters. The Bertz CT molecular complexity index is 213. The maximum absolute atomic E-state index is 10.6. The fourth-order valence-corrected chi connectivity index (χ4v) is 2.73. The van der Waals surface area contributed by atoms with Gasteiger partial charge in [-0.1, -0.05) is 90.9 Å². The molecule has 0 N–H and O–H groups in total. The Morgan fingerprint density at radius 3 is 1.40 bits per heavy atom. The molecule has 1 radical (unpaired) electrons. The molecule has 0 bridgehead atoms. The zero-order valence-corrected chi connectivity index (χ0v) is 14.6. The molecule has 0 aromatic heterocycles. The van der Waals surface area contributed by atoms with E-state index in [1.165, 1.54) is 77.0 Å². The van der Waals surface area contributed by atoms with Crippen LogP contribution in [-0.2, 0) is 4.79 Å². The molecule has 0 saturated heterocycles. The minimum atomic E-state index is -0.0709. The Balaban J connectivity index is 2.97. The van der Waals surface area contributed by atoms with Crippen molar-refractivity contribution >= 4 is 17.7 Å². The zero-order valence-electron chi connectivity index (χ0n) is 13.8. The van der Waals surface area contributed by atoms with Crippen molar-refractivity contribution < 1.29 is 4.79 Å². The number of unbranched alkanes of at least 4 members (excludes halogenated alkanes) is 11. The summed E-state index contributed by atoms with van der Waals surface area (Å²) in [7, 11) is 0. The van der Waals surface area contributed by atoms with Gasteiger partial charge < -0.3 is 0 Å². The van der Waals surface area contributed by atoms with Gasteiger partial charge in [0.05, 0.1) is 0 Å². The van der Waals surface area contributed by atoms with Gasteiger partial charge in [-0.3, -0.25) is 4.79 Å². The molecule has 2 heteroatoms. The van der Waals surface area contributed by atoms with Crippen LogP contribution in [0.4, 0.5) is 0 Å². The normalized spacial score (nSPS) is 11.2. The van der Waals surface area contributed by atoms with Gasteiger partial charge in [0.25, 0.3) is 0 Å². The van der Waals surface area contributed by atoms with E-state index in [2.05, 4.69) is 26.5 Å². The van der Waals surface area contributed by atoms with Gasteiger partial charge in [-0.05, 0) is 25.0 Å². The van der Waals surface area contributed by atoms with E-state index in [1.54, 1.807) is 0 Å². The maximum Gasteiger partial charge on any atom is 0.218 e. The summed E-state index contributed by atoms with van der Waals surface area (Å²) in [5.74, 6) is 0.874. The molecule has 0 unspecified atom stereocenters. The highest BCUT2D eigenvalue weighted by Gasteiger charge is 1.97. The molecule has 0 heterocycles. The second-order valence-electron chi connectivity index (χ2n) is 6.55. The molecule has 0 amide bonds. The van der Waals surface area contributed by atoms with Crippen LogP contribution in [0.15, 0.2) is 0 Å². The Morgan fingerprint density at radius 2 is 1.05 bits per heavy atom. The van der Waals surface area contributed by atoms with E-state index in [4.69, 9.17) is 0 Å². The molecular formula is C18H35OS. The first kappa shape index (κ1) is 19.9. The number of hydrogen-bond acceptors (Lipinski definition) is 1. The van der Waals surface area contributed by atoms with E-state index >= 15 is 0 Å². The standard InChI is InChI=1S/C18H35OS/c1-17(2)15-13-11-9-7-5-3-4-6-8-10-12-14-16-18(19)20/h17H,3-16H2,1-2H3.